The van der Waals surface area contributed by atoms with Crippen molar-refractivity contribution in [1.29, 1.82) is 0 Å². The number of rotatable bonds is 4. The average molecular weight is 328 g/mol. The van der Waals surface area contributed by atoms with Crippen molar-refractivity contribution in [3.63, 3.8) is 0 Å². The number of nitrogens with zero attached hydrogens (tertiary/aromatic N) is 1. The second-order valence-corrected chi connectivity index (χ2v) is 7.19. The molecule has 5 heteroatoms. The molecule has 5 nitrogen and oxygen atoms in total. The molecule has 1 aliphatic carbocycles. The van der Waals surface area contributed by atoms with E-state index in [1.807, 2.05) is 35.2 Å². The molecule has 1 aromatic rings. The minimum Gasteiger partial charge on any atom is -0.360 e. The summed E-state index contributed by atoms with van der Waals surface area (Å²) in [4.78, 5) is 26.9. The van der Waals surface area contributed by atoms with Crippen LogP contribution in [0.3, 0.4) is 0 Å². The van der Waals surface area contributed by atoms with Gasteiger partial charge in [-0.3, -0.25) is 9.59 Å². The number of carbonyl (C=O) groups excluding carboxylic acids is 2. The minimum absolute atomic E-state index is 0.0420. The quantitative estimate of drug-likeness (QED) is 0.917. The van der Waals surface area contributed by atoms with Crippen molar-refractivity contribution in [2.24, 2.45) is 5.92 Å². The van der Waals surface area contributed by atoms with E-state index < -0.39 is 5.60 Å². The largest absolute Gasteiger partial charge is 0.360 e. The Morgan fingerprint density at radius 3 is 2.46 bits per heavy atom. The zero-order valence-corrected chi connectivity index (χ0v) is 13.9. The van der Waals surface area contributed by atoms with E-state index in [0.29, 0.717) is 19.7 Å². The van der Waals surface area contributed by atoms with Gasteiger partial charge in [-0.25, -0.2) is 0 Å². The van der Waals surface area contributed by atoms with Crippen molar-refractivity contribution in [2.75, 3.05) is 19.7 Å². The van der Waals surface area contributed by atoms with Crippen LogP contribution in [0, 0.1) is 5.92 Å². The summed E-state index contributed by atoms with van der Waals surface area (Å²) in [7, 11) is 0. The lowest BCUT2D eigenvalue weighted by molar-refractivity contribution is -0.160. The molecule has 1 aromatic carbocycles. The first-order chi connectivity index (χ1) is 11.7. The zero-order chi connectivity index (χ0) is 16.6. The van der Waals surface area contributed by atoms with E-state index in [1.165, 1.54) is 0 Å². The molecular weight excluding hydrogens is 304 g/mol. The summed E-state index contributed by atoms with van der Waals surface area (Å²) < 4.78 is 5.95. The molecule has 0 aromatic heterocycles. The van der Waals surface area contributed by atoms with E-state index in [2.05, 4.69) is 5.32 Å². The van der Waals surface area contributed by atoms with Crippen molar-refractivity contribution in [1.82, 2.24) is 10.2 Å². The van der Waals surface area contributed by atoms with Crippen LogP contribution in [0.1, 0.15) is 37.7 Å². The molecule has 2 amide bonds. The molecule has 1 unspecified atom stereocenters. The molecule has 0 spiro atoms. The number of likely N-dealkylation sites (tertiary alicyclic amines) is 1. The molecule has 1 N–H and O–H groups in total. The number of benzene rings is 1. The van der Waals surface area contributed by atoms with Crippen LogP contribution in [-0.2, 0) is 19.9 Å². The fourth-order valence-corrected chi connectivity index (χ4v) is 3.85. The Morgan fingerprint density at radius 1 is 1.12 bits per heavy atom. The highest BCUT2D eigenvalue weighted by Gasteiger charge is 2.49. The van der Waals surface area contributed by atoms with Crippen LogP contribution in [0.25, 0.3) is 0 Å². The minimum atomic E-state index is -0.829. The first-order valence-electron chi connectivity index (χ1n) is 8.98. The monoisotopic (exact) mass is 328 g/mol. The first-order valence-corrected chi connectivity index (χ1v) is 8.98. The van der Waals surface area contributed by atoms with Gasteiger partial charge >= 0.3 is 0 Å². The van der Waals surface area contributed by atoms with E-state index in [0.717, 1.165) is 37.7 Å². The van der Waals surface area contributed by atoms with Gasteiger partial charge in [0.1, 0.15) is 0 Å². The zero-order valence-electron chi connectivity index (χ0n) is 13.9. The topological polar surface area (TPSA) is 58.6 Å². The average Bonchev–Trinajstić information content (AvgIpc) is 3.00. The molecule has 2 saturated heterocycles. The van der Waals surface area contributed by atoms with Gasteiger partial charge in [0.15, 0.2) is 5.60 Å². The number of carbonyl (C=O) groups is 2. The number of hydrogen-bond donors (Lipinski definition) is 1. The van der Waals surface area contributed by atoms with Gasteiger partial charge in [-0.15, -0.1) is 0 Å². The van der Waals surface area contributed by atoms with Crippen LogP contribution < -0.4 is 5.32 Å². The van der Waals surface area contributed by atoms with Crippen molar-refractivity contribution >= 4 is 11.8 Å². The smallest absolute Gasteiger partial charge is 0.259 e. The predicted molar refractivity (Wildman–Crippen MR) is 89.2 cm³/mol. The van der Waals surface area contributed by atoms with Gasteiger partial charge in [0.25, 0.3) is 5.91 Å². The maximum atomic E-state index is 13.1. The van der Waals surface area contributed by atoms with Gasteiger partial charge in [-0.05, 0) is 31.2 Å². The summed E-state index contributed by atoms with van der Waals surface area (Å²) in [6, 6.07) is 9.88. The van der Waals surface area contributed by atoms with Gasteiger partial charge in [-0.1, -0.05) is 36.8 Å². The molecular formula is C19H24N2O3. The first kappa shape index (κ1) is 15.6. The Labute approximate surface area is 142 Å². The Hall–Kier alpha value is -1.88. The van der Waals surface area contributed by atoms with Crippen molar-refractivity contribution in [2.45, 2.75) is 43.7 Å². The molecule has 3 aliphatic rings. The lowest BCUT2D eigenvalue weighted by Crippen LogP contribution is -2.64. The Bertz CT molecular complexity index is 615. The van der Waals surface area contributed by atoms with Crippen LogP contribution in [0.5, 0.6) is 0 Å². The van der Waals surface area contributed by atoms with E-state index >= 15 is 0 Å². The van der Waals surface area contributed by atoms with E-state index in [1.54, 1.807) is 0 Å². The maximum absolute atomic E-state index is 13.1. The molecule has 4 rings (SSSR count). The summed E-state index contributed by atoms with van der Waals surface area (Å²) in [5.74, 6) is 0.400. The predicted octanol–water partition coefficient (Wildman–Crippen LogP) is 1.82. The lowest BCUT2D eigenvalue weighted by atomic mass is 9.84. The van der Waals surface area contributed by atoms with Crippen molar-refractivity contribution in [3.8, 4) is 0 Å². The second kappa shape index (κ2) is 6.20. The molecule has 3 fully saturated rings. The number of amides is 2. The van der Waals surface area contributed by atoms with E-state index in [9.17, 15) is 9.59 Å². The van der Waals surface area contributed by atoms with Crippen molar-refractivity contribution < 1.29 is 14.3 Å². The molecule has 2 heterocycles. The fraction of sp³-hybridized carbons (Fsp3) is 0.579. The van der Waals surface area contributed by atoms with Gasteiger partial charge in [0.05, 0.1) is 6.04 Å². The molecule has 24 heavy (non-hydrogen) atoms. The highest BCUT2D eigenvalue weighted by Crippen LogP contribution is 2.39. The third kappa shape index (κ3) is 2.61. The Balaban J connectivity index is 1.39. The van der Waals surface area contributed by atoms with Crippen LogP contribution in [0.15, 0.2) is 30.3 Å². The van der Waals surface area contributed by atoms with Crippen molar-refractivity contribution in [3.05, 3.63) is 35.9 Å². The molecule has 128 valence electrons. The third-order valence-corrected chi connectivity index (χ3v) is 5.60. The van der Waals surface area contributed by atoms with Gasteiger partial charge < -0.3 is 15.0 Å². The lowest BCUT2D eigenvalue weighted by Gasteiger charge is -2.44. The normalized spacial score (nSPS) is 27.4. The summed E-state index contributed by atoms with van der Waals surface area (Å²) in [5, 5.41) is 3.07. The van der Waals surface area contributed by atoms with Crippen LogP contribution >= 0.6 is 0 Å². The van der Waals surface area contributed by atoms with Gasteiger partial charge in [-0.2, -0.15) is 0 Å². The fourth-order valence-electron chi connectivity index (χ4n) is 3.85. The number of ether oxygens (including phenoxy) is 1. The SMILES string of the molecule is O=C(NC1CN(C(=O)C2(c3ccccc3)CCCO2)C1)C1CCC1. The molecule has 1 saturated carbocycles. The standard InChI is InChI=1S/C19H24N2O3/c22-17(14-6-4-7-14)20-16-12-21(13-16)18(23)19(10-5-11-24-19)15-8-2-1-3-9-15/h1-3,8-9,14,16H,4-7,10-13H2,(H,20,22). The molecule has 0 radical (unpaired) electrons. The molecule has 1 atom stereocenters. The third-order valence-electron chi connectivity index (χ3n) is 5.60. The number of hydrogen-bond acceptors (Lipinski definition) is 3. The van der Waals surface area contributed by atoms with Gasteiger partial charge in [0, 0.05) is 25.6 Å². The second-order valence-electron chi connectivity index (χ2n) is 7.19. The van der Waals surface area contributed by atoms with Crippen LogP contribution in [0.2, 0.25) is 0 Å². The highest BCUT2D eigenvalue weighted by molar-refractivity contribution is 5.88. The maximum Gasteiger partial charge on any atom is 0.259 e. The van der Waals surface area contributed by atoms with E-state index in [-0.39, 0.29) is 23.8 Å². The summed E-state index contributed by atoms with van der Waals surface area (Å²) in [6.07, 6.45) is 4.80. The Kier molecular flexibility index (Phi) is 4.04. The Morgan fingerprint density at radius 2 is 1.88 bits per heavy atom. The summed E-state index contributed by atoms with van der Waals surface area (Å²) >= 11 is 0. The number of nitrogens with one attached hydrogen (secondary N) is 1. The molecule has 2 aliphatic heterocycles. The highest BCUT2D eigenvalue weighted by atomic mass is 16.5. The van der Waals surface area contributed by atoms with Gasteiger partial charge in [0.2, 0.25) is 5.91 Å². The van der Waals surface area contributed by atoms with E-state index in [4.69, 9.17) is 4.74 Å². The van der Waals surface area contributed by atoms with Crippen LogP contribution in [-0.4, -0.2) is 42.5 Å². The summed E-state index contributed by atoms with van der Waals surface area (Å²) in [5.41, 5.74) is 0.110. The van der Waals surface area contributed by atoms with Crippen LogP contribution in [0.4, 0.5) is 0 Å². The molecule has 0 bridgehead atoms. The summed E-state index contributed by atoms with van der Waals surface area (Å²) in [6.45, 7) is 1.81.